The highest BCUT2D eigenvalue weighted by Gasteiger charge is 2.17. The van der Waals surface area contributed by atoms with Gasteiger partial charge in [-0.3, -0.25) is 10.1 Å². The molecule has 2 aromatic carbocycles. The molecular weight excluding hydrogens is 447 g/mol. The summed E-state index contributed by atoms with van der Waals surface area (Å²) in [5, 5.41) is 28.2. The predicted molar refractivity (Wildman–Crippen MR) is 111 cm³/mol. The smallest absolute Gasteiger partial charge is 0.312 e. The fraction of sp³-hybridized carbons (Fsp3) is 0.0588. The van der Waals surface area contributed by atoms with Crippen molar-refractivity contribution < 1.29 is 10.0 Å². The third kappa shape index (κ3) is 4.36. The van der Waals surface area contributed by atoms with Crippen LogP contribution in [0.15, 0.2) is 45.8 Å². The molecule has 7 nitrogen and oxygen atoms in total. The molecule has 0 amide bonds. The minimum Gasteiger partial charge on any atom is -0.502 e. The van der Waals surface area contributed by atoms with E-state index in [9.17, 15) is 15.2 Å². The van der Waals surface area contributed by atoms with E-state index in [0.29, 0.717) is 20.5 Å². The number of hydrogen-bond donors (Lipinski definition) is 1. The number of nitro groups is 1. The molecule has 0 unspecified atom stereocenters. The number of hydrogen-bond acceptors (Lipinski definition) is 6. The lowest BCUT2D eigenvalue weighted by atomic mass is 10.2. The maximum absolute atomic E-state index is 11.0. The summed E-state index contributed by atoms with van der Waals surface area (Å²) in [4.78, 5) is 15.3. The Bertz CT molecular complexity index is 1170. The molecule has 28 heavy (non-hydrogen) atoms. The lowest BCUT2D eigenvalue weighted by molar-refractivity contribution is -0.385. The number of thiazole rings is 1. The van der Waals surface area contributed by atoms with Gasteiger partial charge in [0.25, 0.3) is 0 Å². The number of nitrogens with zero attached hydrogens (tertiary/aromatic N) is 4. The summed E-state index contributed by atoms with van der Waals surface area (Å²) in [6.07, 6.45) is 1.27. The molecule has 1 aromatic heterocycles. The van der Waals surface area contributed by atoms with Crippen molar-refractivity contribution in [2.45, 2.75) is 6.92 Å². The zero-order valence-corrected chi connectivity index (χ0v) is 17.2. The number of halogens is 3. The summed E-state index contributed by atoms with van der Waals surface area (Å²) >= 11 is 19.3. The number of benzene rings is 2. The SMILES string of the molecule is Cc1csc(=Nc2ccc(Cl)cc2Cl)n1N=Cc1cc(Cl)cc([N+](=O)[O-])c1O. The van der Waals surface area contributed by atoms with E-state index in [1.165, 1.54) is 28.3 Å². The van der Waals surface area contributed by atoms with Crippen molar-refractivity contribution in [3.63, 3.8) is 0 Å². The van der Waals surface area contributed by atoms with Crippen LogP contribution in [0, 0.1) is 17.0 Å². The van der Waals surface area contributed by atoms with Crippen molar-refractivity contribution >= 4 is 63.7 Å². The van der Waals surface area contributed by atoms with Gasteiger partial charge in [-0.2, -0.15) is 5.10 Å². The lowest BCUT2D eigenvalue weighted by Gasteiger charge is -2.03. The quantitative estimate of drug-likeness (QED) is 0.316. The number of rotatable bonds is 4. The van der Waals surface area contributed by atoms with Crippen LogP contribution in [0.4, 0.5) is 11.4 Å². The number of phenolic OH excluding ortho intramolecular Hbond substituents is 1. The summed E-state index contributed by atoms with van der Waals surface area (Å²) in [5.74, 6) is -0.522. The molecule has 0 saturated heterocycles. The molecule has 11 heteroatoms. The van der Waals surface area contributed by atoms with Gasteiger partial charge < -0.3 is 5.11 Å². The van der Waals surface area contributed by atoms with E-state index in [0.717, 1.165) is 11.8 Å². The van der Waals surface area contributed by atoms with Crippen molar-refractivity contribution in [2.75, 3.05) is 0 Å². The molecule has 144 valence electrons. The van der Waals surface area contributed by atoms with Crippen LogP contribution in [0.1, 0.15) is 11.3 Å². The van der Waals surface area contributed by atoms with Crippen molar-refractivity contribution in [3.8, 4) is 5.75 Å². The van der Waals surface area contributed by atoms with E-state index in [2.05, 4.69) is 10.1 Å². The van der Waals surface area contributed by atoms with Crippen molar-refractivity contribution in [1.82, 2.24) is 4.68 Å². The molecule has 0 atom stereocenters. The topological polar surface area (TPSA) is 93.0 Å². The van der Waals surface area contributed by atoms with E-state index < -0.39 is 16.4 Å². The molecular formula is C17H11Cl3N4O3S. The zero-order valence-electron chi connectivity index (χ0n) is 14.1. The Morgan fingerprint density at radius 2 is 1.96 bits per heavy atom. The Balaban J connectivity index is 2.07. The average Bonchev–Trinajstić information content (AvgIpc) is 2.97. The Morgan fingerprint density at radius 3 is 2.64 bits per heavy atom. The molecule has 0 aliphatic rings. The Morgan fingerprint density at radius 1 is 1.21 bits per heavy atom. The van der Waals surface area contributed by atoms with Gasteiger partial charge in [0.05, 0.1) is 27.5 Å². The molecule has 1 N–H and O–H groups in total. The first-order chi connectivity index (χ1) is 13.3. The molecule has 3 rings (SSSR count). The summed E-state index contributed by atoms with van der Waals surface area (Å²) in [7, 11) is 0. The van der Waals surface area contributed by atoms with Crippen LogP contribution in [0.2, 0.25) is 15.1 Å². The molecule has 0 bridgehead atoms. The first kappa shape index (κ1) is 20.3. The molecule has 0 aliphatic heterocycles. The highest BCUT2D eigenvalue weighted by Crippen LogP contribution is 2.32. The van der Waals surface area contributed by atoms with Crippen molar-refractivity contribution in [1.29, 1.82) is 0 Å². The van der Waals surface area contributed by atoms with Gasteiger partial charge in [-0.1, -0.05) is 34.8 Å². The minimum absolute atomic E-state index is 0.104. The second-order valence-corrected chi connectivity index (χ2v) is 7.66. The highest BCUT2D eigenvalue weighted by atomic mass is 35.5. The fourth-order valence-corrected chi connectivity index (χ4v) is 3.73. The third-order valence-corrected chi connectivity index (χ3v) is 5.26. The van der Waals surface area contributed by atoms with E-state index in [-0.39, 0.29) is 10.6 Å². The zero-order chi connectivity index (χ0) is 20.4. The maximum atomic E-state index is 11.0. The monoisotopic (exact) mass is 456 g/mol. The molecule has 1 heterocycles. The number of aromatic nitrogens is 1. The van der Waals surface area contributed by atoms with Gasteiger partial charge in [-0.15, -0.1) is 11.3 Å². The van der Waals surface area contributed by atoms with Crippen LogP contribution >= 0.6 is 46.1 Å². The number of phenols is 1. The Kier molecular flexibility index (Phi) is 6.04. The maximum Gasteiger partial charge on any atom is 0.312 e. The predicted octanol–water partition coefficient (Wildman–Crippen LogP) is 5.55. The fourth-order valence-electron chi connectivity index (χ4n) is 2.24. The van der Waals surface area contributed by atoms with Crippen LogP contribution in [-0.4, -0.2) is 20.9 Å². The highest BCUT2D eigenvalue weighted by molar-refractivity contribution is 7.07. The average molecular weight is 458 g/mol. The van der Waals surface area contributed by atoms with E-state index in [4.69, 9.17) is 34.8 Å². The summed E-state index contributed by atoms with van der Waals surface area (Å²) in [5.41, 5.74) is 0.880. The molecule has 3 aromatic rings. The lowest BCUT2D eigenvalue weighted by Crippen LogP contribution is -2.11. The van der Waals surface area contributed by atoms with Gasteiger partial charge >= 0.3 is 5.69 Å². The number of nitro benzene ring substituents is 1. The van der Waals surface area contributed by atoms with Crippen LogP contribution in [0.3, 0.4) is 0 Å². The second kappa shape index (κ2) is 8.32. The number of aryl methyl sites for hydroxylation is 1. The Hall–Kier alpha value is -2.39. The third-order valence-electron chi connectivity index (χ3n) is 3.57. The second-order valence-electron chi connectivity index (χ2n) is 5.54. The molecule has 0 fully saturated rings. The Labute approximate surface area is 177 Å². The molecule has 0 saturated carbocycles. The van der Waals surface area contributed by atoms with Crippen LogP contribution in [-0.2, 0) is 0 Å². The van der Waals surface area contributed by atoms with Gasteiger partial charge in [0.2, 0.25) is 10.6 Å². The van der Waals surface area contributed by atoms with Crippen LogP contribution in [0.25, 0.3) is 0 Å². The molecule has 0 radical (unpaired) electrons. The number of aromatic hydroxyl groups is 1. The minimum atomic E-state index is -0.717. The summed E-state index contributed by atoms with van der Waals surface area (Å²) in [6, 6.07) is 7.38. The largest absolute Gasteiger partial charge is 0.502 e. The van der Waals surface area contributed by atoms with Crippen LogP contribution < -0.4 is 4.80 Å². The first-order valence-electron chi connectivity index (χ1n) is 7.64. The van der Waals surface area contributed by atoms with Crippen molar-refractivity contribution in [2.24, 2.45) is 10.1 Å². The van der Waals surface area contributed by atoms with Gasteiger partial charge in [-0.25, -0.2) is 9.67 Å². The van der Waals surface area contributed by atoms with Gasteiger partial charge in [0.15, 0.2) is 0 Å². The molecule has 0 spiro atoms. The first-order valence-corrected chi connectivity index (χ1v) is 9.66. The normalized spacial score (nSPS) is 12.1. The van der Waals surface area contributed by atoms with Gasteiger partial charge in [-0.05, 0) is 31.2 Å². The van der Waals surface area contributed by atoms with Gasteiger partial charge in [0.1, 0.15) is 0 Å². The summed E-state index contributed by atoms with van der Waals surface area (Å²) in [6.45, 7) is 1.82. The van der Waals surface area contributed by atoms with E-state index >= 15 is 0 Å². The summed E-state index contributed by atoms with van der Waals surface area (Å²) < 4.78 is 1.52. The standard InChI is InChI=1S/C17H11Cl3N4O3S/c1-9-8-28-17(22-14-3-2-11(18)5-13(14)20)23(9)21-7-10-4-12(19)6-15(16(10)25)24(26)27/h2-8,25H,1H3. The van der Waals surface area contributed by atoms with Gasteiger partial charge in [0, 0.05) is 27.1 Å². The van der Waals surface area contributed by atoms with E-state index in [1.807, 2.05) is 12.3 Å². The molecule has 0 aliphatic carbocycles. The van der Waals surface area contributed by atoms with Crippen molar-refractivity contribution in [3.05, 3.63) is 77.0 Å². The van der Waals surface area contributed by atoms with Crippen LogP contribution in [0.5, 0.6) is 5.75 Å². The van der Waals surface area contributed by atoms with E-state index in [1.54, 1.807) is 18.2 Å².